The summed E-state index contributed by atoms with van der Waals surface area (Å²) in [5.74, 6) is 0.877. The van der Waals surface area contributed by atoms with E-state index < -0.39 is 0 Å². The number of hydrogen-bond acceptors (Lipinski definition) is 5. The molecule has 0 aliphatic carbocycles. The van der Waals surface area contributed by atoms with Gasteiger partial charge in [0.1, 0.15) is 0 Å². The van der Waals surface area contributed by atoms with Crippen LogP contribution in [0.5, 0.6) is 0 Å². The third-order valence-corrected chi connectivity index (χ3v) is 4.15. The molecule has 0 aromatic carbocycles. The maximum absolute atomic E-state index is 5.57. The fourth-order valence-corrected chi connectivity index (χ4v) is 2.61. The zero-order valence-electron chi connectivity index (χ0n) is 17.3. The summed E-state index contributed by atoms with van der Waals surface area (Å²) in [6.07, 6.45) is 4.59. The maximum Gasteiger partial charge on any atom is 0.191 e. The Labute approximate surface area is 183 Å². The predicted octanol–water partition coefficient (Wildman–Crippen LogP) is 2.11. The number of hydrogen-bond donors (Lipinski definition) is 2. The molecule has 0 aromatic rings. The number of guanidine groups is 1. The molecular weight excluding hydrogens is 459 g/mol. The average molecular weight is 500 g/mol. The molecule has 0 radical (unpaired) electrons. The summed E-state index contributed by atoms with van der Waals surface area (Å²) in [5.41, 5.74) is 0. The van der Waals surface area contributed by atoms with Gasteiger partial charge in [0.05, 0.1) is 33.0 Å². The average Bonchev–Trinajstić information content (AvgIpc) is 2.67. The van der Waals surface area contributed by atoms with Crippen molar-refractivity contribution in [2.75, 3.05) is 78.9 Å². The van der Waals surface area contributed by atoms with Gasteiger partial charge in [0.2, 0.25) is 0 Å². The highest BCUT2D eigenvalue weighted by Crippen LogP contribution is 2.00. The maximum atomic E-state index is 5.57. The Hall–Kier alpha value is -0.160. The number of nitrogens with zero attached hydrogens (tertiary/aromatic N) is 2. The minimum atomic E-state index is 0. The van der Waals surface area contributed by atoms with Crippen LogP contribution in [0.4, 0.5) is 0 Å². The molecule has 0 saturated carbocycles. The van der Waals surface area contributed by atoms with Crippen LogP contribution >= 0.6 is 24.0 Å². The quantitative estimate of drug-likeness (QED) is 0.155. The van der Waals surface area contributed by atoms with Gasteiger partial charge in [-0.05, 0) is 32.7 Å². The first-order valence-electron chi connectivity index (χ1n) is 10.3. The number of morpholine rings is 1. The molecule has 1 heterocycles. The number of halogens is 1. The zero-order valence-corrected chi connectivity index (χ0v) is 19.7. The molecule has 0 spiro atoms. The van der Waals surface area contributed by atoms with Crippen LogP contribution in [-0.2, 0) is 14.2 Å². The van der Waals surface area contributed by atoms with Gasteiger partial charge in [0.25, 0.3) is 0 Å². The van der Waals surface area contributed by atoms with Crippen LogP contribution in [0, 0.1) is 0 Å². The normalized spacial score (nSPS) is 15.4. The topological polar surface area (TPSA) is 67.4 Å². The van der Waals surface area contributed by atoms with Crippen molar-refractivity contribution in [1.82, 2.24) is 15.5 Å². The Morgan fingerprint density at radius 3 is 2.41 bits per heavy atom. The SMILES string of the molecule is CCCCOCCOCCNC(=NCCCCN1CCOCC1)NCC.I. The molecule has 1 aliphatic heterocycles. The van der Waals surface area contributed by atoms with Crippen LogP contribution < -0.4 is 10.6 Å². The van der Waals surface area contributed by atoms with E-state index in [4.69, 9.17) is 14.2 Å². The van der Waals surface area contributed by atoms with Gasteiger partial charge in [0.15, 0.2) is 5.96 Å². The first kappa shape index (κ1) is 26.8. The summed E-state index contributed by atoms with van der Waals surface area (Å²) in [6.45, 7) is 14.6. The van der Waals surface area contributed by atoms with Crippen molar-refractivity contribution in [3.63, 3.8) is 0 Å². The number of nitrogens with one attached hydrogen (secondary N) is 2. The Bertz CT molecular complexity index is 343. The highest BCUT2D eigenvalue weighted by molar-refractivity contribution is 14.0. The van der Waals surface area contributed by atoms with Crippen molar-refractivity contribution >= 4 is 29.9 Å². The predicted molar refractivity (Wildman–Crippen MR) is 122 cm³/mol. The number of ether oxygens (including phenoxy) is 3. The van der Waals surface area contributed by atoms with Gasteiger partial charge < -0.3 is 24.8 Å². The third-order valence-electron chi connectivity index (χ3n) is 4.15. The van der Waals surface area contributed by atoms with Crippen LogP contribution in [0.3, 0.4) is 0 Å². The van der Waals surface area contributed by atoms with Crippen LogP contribution in [0.25, 0.3) is 0 Å². The molecular formula is C19H41IN4O3. The molecule has 0 bridgehead atoms. The second-order valence-corrected chi connectivity index (χ2v) is 6.43. The van der Waals surface area contributed by atoms with E-state index >= 15 is 0 Å². The first-order chi connectivity index (χ1) is 12.9. The lowest BCUT2D eigenvalue weighted by Crippen LogP contribution is -2.39. The number of rotatable bonds is 15. The number of unbranched alkanes of at least 4 members (excludes halogenated alkanes) is 2. The molecule has 162 valence electrons. The molecule has 0 unspecified atom stereocenters. The van der Waals surface area contributed by atoms with Crippen molar-refractivity contribution in [3.8, 4) is 0 Å². The fourth-order valence-electron chi connectivity index (χ4n) is 2.61. The van der Waals surface area contributed by atoms with Crippen molar-refractivity contribution in [1.29, 1.82) is 0 Å². The van der Waals surface area contributed by atoms with E-state index in [2.05, 4.69) is 34.4 Å². The molecule has 1 rings (SSSR count). The van der Waals surface area contributed by atoms with Crippen molar-refractivity contribution in [3.05, 3.63) is 0 Å². The second-order valence-electron chi connectivity index (χ2n) is 6.43. The summed E-state index contributed by atoms with van der Waals surface area (Å²) in [7, 11) is 0. The molecule has 1 aliphatic rings. The van der Waals surface area contributed by atoms with E-state index in [1.165, 1.54) is 12.8 Å². The molecule has 27 heavy (non-hydrogen) atoms. The minimum absolute atomic E-state index is 0. The summed E-state index contributed by atoms with van der Waals surface area (Å²) >= 11 is 0. The second kappa shape index (κ2) is 20.6. The molecule has 1 fully saturated rings. The monoisotopic (exact) mass is 500 g/mol. The molecule has 7 nitrogen and oxygen atoms in total. The van der Waals surface area contributed by atoms with Crippen LogP contribution in [0.15, 0.2) is 4.99 Å². The lowest BCUT2D eigenvalue weighted by Gasteiger charge is -2.26. The Kier molecular flexibility index (Phi) is 20.4. The summed E-state index contributed by atoms with van der Waals surface area (Å²) < 4.78 is 16.4. The largest absolute Gasteiger partial charge is 0.379 e. The molecule has 1 saturated heterocycles. The van der Waals surface area contributed by atoms with Crippen LogP contribution in [0.1, 0.15) is 39.5 Å². The van der Waals surface area contributed by atoms with Crippen molar-refractivity contribution in [2.45, 2.75) is 39.5 Å². The van der Waals surface area contributed by atoms with E-state index in [-0.39, 0.29) is 24.0 Å². The van der Waals surface area contributed by atoms with Crippen LogP contribution in [-0.4, -0.2) is 89.8 Å². The molecule has 0 amide bonds. The van der Waals surface area contributed by atoms with Crippen molar-refractivity contribution in [2.24, 2.45) is 4.99 Å². The summed E-state index contributed by atoms with van der Waals surface area (Å²) in [6, 6.07) is 0. The van der Waals surface area contributed by atoms with Gasteiger partial charge in [-0.25, -0.2) is 0 Å². The Balaban J connectivity index is 0.00000676. The van der Waals surface area contributed by atoms with E-state index in [9.17, 15) is 0 Å². The van der Waals surface area contributed by atoms with Gasteiger partial charge in [-0.1, -0.05) is 13.3 Å². The highest BCUT2D eigenvalue weighted by Gasteiger charge is 2.08. The highest BCUT2D eigenvalue weighted by atomic mass is 127. The molecule has 0 atom stereocenters. The Morgan fingerprint density at radius 1 is 0.963 bits per heavy atom. The van der Waals surface area contributed by atoms with Gasteiger partial charge in [0, 0.05) is 39.3 Å². The lowest BCUT2D eigenvalue weighted by molar-refractivity contribution is 0.0373. The van der Waals surface area contributed by atoms with Gasteiger partial charge in [-0.2, -0.15) is 0 Å². The smallest absolute Gasteiger partial charge is 0.191 e. The van der Waals surface area contributed by atoms with E-state index in [0.29, 0.717) is 19.8 Å². The fraction of sp³-hybridized carbons (Fsp3) is 0.947. The summed E-state index contributed by atoms with van der Waals surface area (Å²) in [5, 5.41) is 6.60. The van der Waals surface area contributed by atoms with E-state index in [1.807, 2.05) is 0 Å². The standard InChI is InChI=1S/C19H40N4O3.HI/c1-3-5-13-24-17-18-25-14-9-22-19(20-4-2)21-8-6-7-10-23-11-15-26-16-12-23;/h3-18H2,1-2H3,(H2,20,21,22);1H. The zero-order chi connectivity index (χ0) is 18.7. The first-order valence-corrected chi connectivity index (χ1v) is 10.3. The van der Waals surface area contributed by atoms with Crippen LogP contribution in [0.2, 0.25) is 0 Å². The third kappa shape index (κ3) is 16.5. The van der Waals surface area contributed by atoms with Crippen molar-refractivity contribution < 1.29 is 14.2 Å². The molecule has 0 aromatic heterocycles. The van der Waals surface area contributed by atoms with Gasteiger partial charge >= 0.3 is 0 Å². The number of aliphatic imine (C=N–C) groups is 1. The van der Waals surface area contributed by atoms with Gasteiger partial charge in [-0.3, -0.25) is 9.89 Å². The Morgan fingerprint density at radius 2 is 1.70 bits per heavy atom. The minimum Gasteiger partial charge on any atom is -0.379 e. The molecule has 2 N–H and O–H groups in total. The van der Waals surface area contributed by atoms with Gasteiger partial charge in [-0.15, -0.1) is 24.0 Å². The molecule has 8 heteroatoms. The van der Waals surface area contributed by atoms with E-state index in [0.717, 1.165) is 77.9 Å². The lowest BCUT2D eigenvalue weighted by atomic mass is 10.3. The van der Waals surface area contributed by atoms with E-state index in [1.54, 1.807) is 0 Å². The summed E-state index contributed by atoms with van der Waals surface area (Å²) in [4.78, 5) is 7.11.